The number of hydrogen-bond acceptors (Lipinski definition) is 2. The maximum Gasteiger partial charge on any atom is 0.0918 e. The van der Waals surface area contributed by atoms with E-state index in [4.69, 9.17) is 4.74 Å². The SMILES string of the molecule is c1ccc2sc([C@H]3CCCO3)cc2c1. The molecule has 1 fully saturated rings. The summed E-state index contributed by atoms with van der Waals surface area (Å²) >= 11 is 1.87. The molecule has 2 heterocycles. The van der Waals surface area contributed by atoms with Crippen molar-refractivity contribution in [1.82, 2.24) is 0 Å². The maximum atomic E-state index is 5.68. The Morgan fingerprint density at radius 3 is 3.00 bits per heavy atom. The molecule has 1 nitrogen and oxygen atoms in total. The van der Waals surface area contributed by atoms with E-state index in [9.17, 15) is 0 Å². The second-order valence-electron chi connectivity index (χ2n) is 3.69. The lowest BCUT2D eigenvalue weighted by Crippen LogP contribution is -1.90. The molecular formula is C12H12OS. The number of rotatable bonds is 1. The molecule has 0 aliphatic carbocycles. The molecular weight excluding hydrogens is 192 g/mol. The van der Waals surface area contributed by atoms with Gasteiger partial charge >= 0.3 is 0 Å². The van der Waals surface area contributed by atoms with E-state index < -0.39 is 0 Å². The van der Waals surface area contributed by atoms with Gasteiger partial charge in [0, 0.05) is 16.2 Å². The smallest absolute Gasteiger partial charge is 0.0918 e. The van der Waals surface area contributed by atoms with Crippen LogP contribution in [0.15, 0.2) is 30.3 Å². The quantitative estimate of drug-likeness (QED) is 0.687. The molecule has 0 spiro atoms. The normalized spacial score (nSPS) is 21.9. The zero-order chi connectivity index (χ0) is 9.38. The van der Waals surface area contributed by atoms with Crippen molar-refractivity contribution in [3.05, 3.63) is 35.2 Å². The van der Waals surface area contributed by atoms with Gasteiger partial charge in [0.1, 0.15) is 0 Å². The highest BCUT2D eigenvalue weighted by Crippen LogP contribution is 2.36. The Morgan fingerprint density at radius 2 is 2.21 bits per heavy atom. The van der Waals surface area contributed by atoms with Crippen molar-refractivity contribution in [1.29, 1.82) is 0 Å². The summed E-state index contributed by atoms with van der Waals surface area (Å²) in [5.41, 5.74) is 0. The van der Waals surface area contributed by atoms with E-state index in [1.54, 1.807) is 0 Å². The van der Waals surface area contributed by atoms with Crippen molar-refractivity contribution in [2.45, 2.75) is 18.9 Å². The fourth-order valence-electron chi connectivity index (χ4n) is 1.96. The number of ether oxygens (including phenoxy) is 1. The van der Waals surface area contributed by atoms with Crippen LogP contribution in [0.5, 0.6) is 0 Å². The van der Waals surface area contributed by atoms with Crippen molar-refractivity contribution >= 4 is 21.4 Å². The van der Waals surface area contributed by atoms with Gasteiger partial charge in [-0.1, -0.05) is 18.2 Å². The van der Waals surface area contributed by atoms with Crippen LogP contribution >= 0.6 is 11.3 Å². The van der Waals surface area contributed by atoms with E-state index in [1.165, 1.54) is 27.8 Å². The van der Waals surface area contributed by atoms with E-state index in [2.05, 4.69) is 30.3 Å². The van der Waals surface area contributed by atoms with Gasteiger partial charge in [0.05, 0.1) is 6.10 Å². The molecule has 1 saturated heterocycles. The van der Waals surface area contributed by atoms with Gasteiger partial charge in [0.25, 0.3) is 0 Å². The van der Waals surface area contributed by atoms with E-state index in [-0.39, 0.29) is 0 Å². The third-order valence-corrected chi connectivity index (χ3v) is 3.90. The predicted octanol–water partition coefficient (Wildman–Crippen LogP) is 3.75. The fourth-order valence-corrected chi connectivity index (χ4v) is 3.11. The van der Waals surface area contributed by atoms with Crippen molar-refractivity contribution in [2.75, 3.05) is 6.61 Å². The van der Waals surface area contributed by atoms with Crippen LogP contribution in [0.4, 0.5) is 0 Å². The summed E-state index contributed by atoms with van der Waals surface area (Å²) < 4.78 is 7.05. The lowest BCUT2D eigenvalue weighted by molar-refractivity contribution is 0.114. The Balaban J connectivity index is 2.05. The third-order valence-electron chi connectivity index (χ3n) is 2.69. The third kappa shape index (κ3) is 1.35. The molecule has 0 amide bonds. The topological polar surface area (TPSA) is 9.23 Å². The van der Waals surface area contributed by atoms with Gasteiger partial charge < -0.3 is 4.74 Å². The molecule has 1 aliphatic heterocycles. The van der Waals surface area contributed by atoms with Gasteiger partial charge in [0.15, 0.2) is 0 Å². The summed E-state index contributed by atoms with van der Waals surface area (Å²) in [5, 5.41) is 1.35. The lowest BCUT2D eigenvalue weighted by Gasteiger charge is -2.04. The number of thiophene rings is 1. The first-order valence-corrected chi connectivity index (χ1v) is 5.85. The van der Waals surface area contributed by atoms with E-state index in [0.717, 1.165) is 6.61 Å². The Kier molecular flexibility index (Phi) is 2.03. The van der Waals surface area contributed by atoms with Crippen LogP contribution in [-0.4, -0.2) is 6.61 Å². The number of benzene rings is 1. The van der Waals surface area contributed by atoms with Gasteiger partial charge in [-0.25, -0.2) is 0 Å². The average Bonchev–Trinajstić information content (AvgIpc) is 2.86. The molecule has 72 valence electrons. The monoisotopic (exact) mass is 204 g/mol. The molecule has 1 aromatic heterocycles. The van der Waals surface area contributed by atoms with Gasteiger partial charge in [-0.2, -0.15) is 0 Å². The number of fused-ring (bicyclic) bond motifs is 1. The highest BCUT2D eigenvalue weighted by atomic mass is 32.1. The lowest BCUT2D eigenvalue weighted by atomic mass is 10.2. The van der Waals surface area contributed by atoms with Crippen LogP contribution in [0, 0.1) is 0 Å². The Labute approximate surface area is 87.3 Å². The second kappa shape index (κ2) is 3.37. The molecule has 2 heteroatoms. The molecule has 3 rings (SSSR count). The van der Waals surface area contributed by atoms with Crippen LogP contribution in [0.2, 0.25) is 0 Å². The second-order valence-corrected chi connectivity index (χ2v) is 4.80. The molecule has 0 bridgehead atoms. The van der Waals surface area contributed by atoms with Crippen molar-refractivity contribution in [3.63, 3.8) is 0 Å². The minimum absolute atomic E-state index is 0.368. The average molecular weight is 204 g/mol. The minimum Gasteiger partial charge on any atom is -0.373 e. The molecule has 0 saturated carbocycles. The predicted molar refractivity (Wildman–Crippen MR) is 59.8 cm³/mol. The van der Waals surface area contributed by atoms with Gasteiger partial charge in [-0.15, -0.1) is 11.3 Å². The zero-order valence-corrected chi connectivity index (χ0v) is 8.72. The largest absolute Gasteiger partial charge is 0.373 e. The highest BCUT2D eigenvalue weighted by molar-refractivity contribution is 7.19. The molecule has 14 heavy (non-hydrogen) atoms. The molecule has 0 unspecified atom stereocenters. The van der Waals surface area contributed by atoms with Crippen molar-refractivity contribution in [2.24, 2.45) is 0 Å². The summed E-state index contributed by atoms with van der Waals surface area (Å²) in [6, 6.07) is 10.8. The molecule has 2 aromatic rings. The molecule has 1 atom stereocenters. The van der Waals surface area contributed by atoms with E-state index >= 15 is 0 Å². The van der Waals surface area contributed by atoms with E-state index in [1.807, 2.05) is 11.3 Å². The molecule has 0 radical (unpaired) electrons. The van der Waals surface area contributed by atoms with Gasteiger partial charge in [0.2, 0.25) is 0 Å². The summed E-state index contributed by atoms with van der Waals surface area (Å²) in [6.07, 6.45) is 2.76. The Morgan fingerprint density at radius 1 is 1.29 bits per heavy atom. The Hall–Kier alpha value is -0.860. The van der Waals surface area contributed by atoms with Crippen LogP contribution < -0.4 is 0 Å². The summed E-state index contributed by atoms with van der Waals surface area (Å²) in [7, 11) is 0. The Bertz CT molecular complexity index is 407. The van der Waals surface area contributed by atoms with Crippen LogP contribution in [0.1, 0.15) is 23.8 Å². The molecule has 1 aliphatic rings. The summed E-state index contributed by atoms with van der Waals surface area (Å²) in [5.74, 6) is 0. The molecule has 0 N–H and O–H groups in total. The summed E-state index contributed by atoms with van der Waals surface area (Å²) in [6.45, 7) is 0.929. The van der Waals surface area contributed by atoms with Crippen LogP contribution in [0.25, 0.3) is 10.1 Å². The van der Waals surface area contributed by atoms with Crippen molar-refractivity contribution in [3.8, 4) is 0 Å². The minimum atomic E-state index is 0.368. The maximum absolute atomic E-state index is 5.68. The first-order valence-electron chi connectivity index (χ1n) is 5.03. The zero-order valence-electron chi connectivity index (χ0n) is 7.90. The standard InChI is InChI=1S/C12H12OS/c1-2-6-11-9(4-1)8-12(14-11)10-5-3-7-13-10/h1-2,4,6,8,10H,3,5,7H2/t10-/m1/s1. The van der Waals surface area contributed by atoms with E-state index in [0.29, 0.717) is 6.10 Å². The fraction of sp³-hybridized carbons (Fsp3) is 0.333. The van der Waals surface area contributed by atoms with Crippen LogP contribution in [-0.2, 0) is 4.74 Å². The van der Waals surface area contributed by atoms with Crippen LogP contribution in [0.3, 0.4) is 0 Å². The summed E-state index contributed by atoms with van der Waals surface area (Å²) in [4.78, 5) is 1.39. The van der Waals surface area contributed by atoms with Gasteiger partial charge in [-0.3, -0.25) is 0 Å². The first-order chi connectivity index (χ1) is 6.93. The van der Waals surface area contributed by atoms with Gasteiger partial charge in [-0.05, 0) is 30.4 Å². The van der Waals surface area contributed by atoms with Crippen molar-refractivity contribution < 1.29 is 4.74 Å². The first kappa shape index (κ1) is 8.45. The molecule has 1 aromatic carbocycles. The highest BCUT2D eigenvalue weighted by Gasteiger charge is 2.19. The number of hydrogen-bond donors (Lipinski definition) is 0.